The fourth-order valence-electron chi connectivity index (χ4n) is 3.59. The van der Waals surface area contributed by atoms with Crippen molar-refractivity contribution in [1.82, 2.24) is 9.80 Å². The van der Waals surface area contributed by atoms with Crippen LogP contribution in [0.15, 0.2) is 30.0 Å². The Bertz CT molecular complexity index is 739. The summed E-state index contributed by atoms with van der Waals surface area (Å²) in [5, 5.41) is 0. The minimum atomic E-state index is -0.268. The van der Waals surface area contributed by atoms with Crippen molar-refractivity contribution in [2.45, 2.75) is 32.6 Å². The molecule has 0 unspecified atom stereocenters. The Labute approximate surface area is 179 Å². The highest BCUT2D eigenvalue weighted by molar-refractivity contribution is 6.36. The lowest BCUT2D eigenvalue weighted by atomic mass is 10.0. The molecule has 0 fully saturated rings. The van der Waals surface area contributed by atoms with Gasteiger partial charge in [0.15, 0.2) is 0 Å². The van der Waals surface area contributed by atoms with Crippen molar-refractivity contribution < 1.29 is 23.8 Å². The van der Waals surface area contributed by atoms with E-state index in [0.29, 0.717) is 55.4 Å². The lowest BCUT2D eigenvalue weighted by Crippen LogP contribution is -2.38. The number of hydrogen-bond donors (Lipinski definition) is 0. The van der Waals surface area contributed by atoms with Gasteiger partial charge in [-0.15, -0.1) is 0 Å². The first kappa shape index (κ1) is 23.9. The van der Waals surface area contributed by atoms with E-state index in [0.717, 1.165) is 25.7 Å². The molecule has 1 aliphatic rings. The number of imide groups is 1. The number of carbonyl (C=O) groups excluding carboxylic acids is 2. The molecule has 7 nitrogen and oxygen atoms in total. The third-order valence-corrected chi connectivity index (χ3v) is 5.20. The molecule has 1 aliphatic heterocycles. The molecule has 166 valence electrons. The second-order valence-electron chi connectivity index (χ2n) is 7.22. The van der Waals surface area contributed by atoms with Gasteiger partial charge in [-0.05, 0) is 12.5 Å². The van der Waals surface area contributed by atoms with E-state index in [2.05, 4.69) is 6.92 Å². The number of hydrogen-bond acceptors (Lipinski definition) is 6. The Balaban J connectivity index is 2.47. The fraction of sp³-hybridized carbons (Fsp3) is 0.565. The van der Waals surface area contributed by atoms with Gasteiger partial charge in [0.1, 0.15) is 11.4 Å². The van der Waals surface area contributed by atoms with Crippen LogP contribution in [-0.2, 0) is 19.1 Å². The van der Waals surface area contributed by atoms with E-state index in [1.165, 1.54) is 4.90 Å². The summed E-state index contributed by atoms with van der Waals surface area (Å²) < 4.78 is 16.0. The molecule has 0 saturated carbocycles. The molecule has 0 saturated heterocycles. The van der Waals surface area contributed by atoms with E-state index in [1.807, 2.05) is 23.1 Å². The molecule has 0 radical (unpaired) electrons. The van der Waals surface area contributed by atoms with Crippen LogP contribution in [0.1, 0.15) is 38.2 Å². The van der Waals surface area contributed by atoms with Crippen molar-refractivity contribution in [2.24, 2.45) is 0 Å². The maximum absolute atomic E-state index is 13.4. The van der Waals surface area contributed by atoms with Crippen molar-refractivity contribution in [3.05, 3.63) is 35.5 Å². The number of carbonyl (C=O) groups is 2. The summed E-state index contributed by atoms with van der Waals surface area (Å²) in [7, 11) is 4.80. The Kier molecular flexibility index (Phi) is 9.83. The molecule has 2 amide bonds. The lowest BCUT2D eigenvalue weighted by Gasteiger charge is -2.25. The van der Waals surface area contributed by atoms with Gasteiger partial charge in [-0.2, -0.15) is 0 Å². The Hall–Kier alpha value is -2.38. The van der Waals surface area contributed by atoms with Gasteiger partial charge in [-0.25, -0.2) is 0 Å². The molecule has 0 bridgehead atoms. The van der Waals surface area contributed by atoms with Crippen LogP contribution in [-0.4, -0.2) is 75.8 Å². The number of unbranched alkanes of at least 4 members (excludes halogenated alkanes) is 3. The minimum Gasteiger partial charge on any atom is -0.496 e. The van der Waals surface area contributed by atoms with Gasteiger partial charge in [-0.3, -0.25) is 14.5 Å². The summed E-state index contributed by atoms with van der Waals surface area (Å²) in [5.41, 5.74) is 1.42. The fourth-order valence-corrected chi connectivity index (χ4v) is 3.59. The average Bonchev–Trinajstić information content (AvgIpc) is 3.01. The molecule has 30 heavy (non-hydrogen) atoms. The molecule has 0 atom stereocenters. The van der Waals surface area contributed by atoms with E-state index in [4.69, 9.17) is 14.2 Å². The van der Waals surface area contributed by atoms with Crippen LogP contribution in [0.5, 0.6) is 5.75 Å². The van der Waals surface area contributed by atoms with E-state index in [-0.39, 0.29) is 11.8 Å². The maximum atomic E-state index is 13.4. The molecule has 1 aromatic carbocycles. The van der Waals surface area contributed by atoms with Crippen LogP contribution in [0.2, 0.25) is 0 Å². The summed E-state index contributed by atoms with van der Waals surface area (Å²) in [6, 6.07) is 7.32. The number of nitrogens with zero attached hydrogens (tertiary/aromatic N) is 2. The zero-order valence-electron chi connectivity index (χ0n) is 18.6. The molecule has 2 rings (SSSR count). The molecule has 0 aliphatic carbocycles. The Morgan fingerprint density at radius 1 is 0.900 bits per heavy atom. The summed E-state index contributed by atoms with van der Waals surface area (Å²) in [5.74, 6) is 0.0397. The van der Waals surface area contributed by atoms with Gasteiger partial charge in [0.2, 0.25) is 0 Å². The number of ether oxygens (including phenoxy) is 3. The van der Waals surface area contributed by atoms with Crippen molar-refractivity contribution in [2.75, 3.05) is 54.2 Å². The second-order valence-corrected chi connectivity index (χ2v) is 7.22. The topological polar surface area (TPSA) is 68.3 Å². The van der Waals surface area contributed by atoms with Gasteiger partial charge in [0, 0.05) is 39.4 Å². The number of para-hydroxylation sites is 1. The van der Waals surface area contributed by atoms with Crippen molar-refractivity contribution >= 4 is 17.4 Å². The van der Waals surface area contributed by atoms with Crippen molar-refractivity contribution in [3.8, 4) is 5.75 Å². The molecule has 1 heterocycles. The molecule has 1 aromatic rings. The number of amides is 2. The summed E-state index contributed by atoms with van der Waals surface area (Å²) in [4.78, 5) is 30.1. The monoisotopic (exact) mass is 418 g/mol. The molecule has 0 spiro atoms. The zero-order chi connectivity index (χ0) is 21.9. The number of rotatable bonds is 14. The summed E-state index contributed by atoms with van der Waals surface area (Å²) in [6.07, 6.45) is 3.97. The highest BCUT2D eigenvalue weighted by Gasteiger charge is 2.42. The normalized spacial score (nSPS) is 14.1. The first-order valence-electron chi connectivity index (χ1n) is 10.6. The van der Waals surface area contributed by atoms with Crippen molar-refractivity contribution in [1.29, 1.82) is 0 Å². The molecule has 0 N–H and O–H groups in total. The molecule has 7 heteroatoms. The van der Waals surface area contributed by atoms with E-state index >= 15 is 0 Å². The third kappa shape index (κ3) is 5.61. The largest absolute Gasteiger partial charge is 0.496 e. The van der Waals surface area contributed by atoms with Gasteiger partial charge >= 0.3 is 0 Å². The van der Waals surface area contributed by atoms with Gasteiger partial charge in [0.05, 0.1) is 25.9 Å². The third-order valence-electron chi connectivity index (χ3n) is 5.20. The molecule has 0 aromatic heterocycles. The first-order valence-corrected chi connectivity index (χ1v) is 10.6. The lowest BCUT2D eigenvalue weighted by molar-refractivity contribution is -0.137. The predicted molar refractivity (Wildman–Crippen MR) is 116 cm³/mol. The van der Waals surface area contributed by atoms with Gasteiger partial charge < -0.3 is 19.1 Å². The van der Waals surface area contributed by atoms with E-state index in [9.17, 15) is 9.59 Å². The highest BCUT2D eigenvalue weighted by Crippen LogP contribution is 2.36. The van der Waals surface area contributed by atoms with Crippen LogP contribution in [0.4, 0.5) is 0 Å². The average molecular weight is 419 g/mol. The molecular formula is C23H34N2O5. The van der Waals surface area contributed by atoms with Crippen LogP contribution in [0.3, 0.4) is 0 Å². The van der Waals surface area contributed by atoms with Crippen molar-refractivity contribution in [3.63, 3.8) is 0 Å². The Morgan fingerprint density at radius 2 is 1.57 bits per heavy atom. The van der Waals surface area contributed by atoms with E-state index < -0.39 is 0 Å². The number of methoxy groups -OCH3 is 3. The maximum Gasteiger partial charge on any atom is 0.277 e. The SMILES string of the molecule is CCCCCCN1C(=O)C(c2ccccc2OC)=C(N(CCOC)CCOC)C1=O. The zero-order valence-corrected chi connectivity index (χ0v) is 18.6. The van der Waals surface area contributed by atoms with Crippen LogP contribution < -0.4 is 4.74 Å². The van der Waals surface area contributed by atoms with Gasteiger partial charge in [0.25, 0.3) is 11.8 Å². The number of benzene rings is 1. The van der Waals surface area contributed by atoms with Crippen LogP contribution in [0.25, 0.3) is 5.57 Å². The smallest absolute Gasteiger partial charge is 0.277 e. The second kappa shape index (κ2) is 12.3. The van der Waals surface area contributed by atoms with E-state index in [1.54, 1.807) is 27.4 Å². The minimum absolute atomic E-state index is 0.260. The first-order chi connectivity index (χ1) is 14.6. The molecular weight excluding hydrogens is 384 g/mol. The predicted octanol–water partition coefficient (Wildman–Crippen LogP) is 2.95. The quantitative estimate of drug-likeness (QED) is 0.342. The van der Waals surface area contributed by atoms with Crippen LogP contribution in [0, 0.1) is 0 Å². The Morgan fingerprint density at radius 3 is 2.17 bits per heavy atom. The highest BCUT2D eigenvalue weighted by atomic mass is 16.5. The summed E-state index contributed by atoms with van der Waals surface area (Å²) in [6.45, 7) is 4.39. The van der Waals surface area contributed by atoms with Crippen LogP contribution >= 0.6 is 0 Å². The van der Waals surface area contributed by atoms with Gasteiger partial charge in [-0.1, -0.05) is 44.4 Å². The standard InChI is InChI=1S/C23H34N2O5/c1-5-6-7-10-13-25-22(26)20(18-11-8-9-12-19(18)30-4)21(23(25)27)24(14-16-28-2)15-17-29-3/h8-9,11-12H,5-7,10,13-17H2,1-4H3. The summed E-state index contributed by atoms with van der Waals surface area (Å²) >= 11 is 0.